The second-order valence-corrected chi connectivity index (χ2v) is 7.12. The Morgan fingerprint density at radius 2 is 2.00 bits per heavy atom. The highest BCUT2D eigenvalue weighted by Crippen LogP contribution is 2.36. The Hall–Kier alpha value is -3.20. The third-order valence-corrected chi connectivity index (χ3v) is 5.20. The number of carbonyl (C=O) groups excluding carboxylic acids is 2. The van der Waals surface area contributed by atoms with Crippen molar-refractivity contribution in [2.75, 3.05) is 47.6 Å². The zero-order valence-electron chi connectivity index (χ0n) is 16.3. The first kappa shape index (κ1) is 19.1. The normalized spacial score (nSPS) is 18.7. The van der Waals surface area contributed by atoms with Crippen LogP contribution in [0.4, 0.5) is 23.3 Å². The number of rotatable bonds is 4. The molecule has 4 N–H and O–H groups in total. The number of morpholine rings is 1. The lowest BCUT2D eigenvalue weighted by Gasteiger charge is -2.30. The fourth-order valence-electron chi connectivity index (χ4n) is 3.57. The topological polar surface area (TPSA) is 122 Å². The van der Waals surface area contributed by atoms with Crippen molar-refractivity contribution in [1.82, 2.24) is 9.97 Å². The van der Waals surface area contributed by atoms with Gasteiger partial charge in [-0.2, -0.15) is 9.97 Å². The Morgan fingerprint density at radius 3 is 2.69 bits per heavy atom. The number of ether oxygens (including phenoxy) is 1. The van der Waals surface area contributed by atoms with Crippen molar-refractivity contribution in [1.29, 1.82) is 0 Å². The molecule has 152 valence electrons. The fourth-order valence-corrected chi connectivity index (χ4v) is 3.57. The van der Waals surface area contributed by atoms with E-state index in [4.69, 9.17) is 10.5 Å². The first-order chi connectivity index (χ1) is 14.0. The van der Waals surface area contributed by atoms with Crippen LogP contribution in [-0.2, 0) is 20.7 Å². The van der Waals surface area contributed by atoms with Crippen LogP contribution in [0.3, 0.4) is 0 Å². The smallest absolute Gasteiger partial charge is 0.232 e. The van der Waals surface area contributed by atoms with Gasteiger partial charge in [0.25, 0.3) is 0 Å². The molecule has 2 amide bonds. The lowest BCUT2D eigenvalue weighted by Crippen LogP contribution is -2.38. The Kier molecular flexibility index (Phi) is 5.30. The highest BCUT2D eigenvalue weighted by molar-refractivity contribution is 6.05. The SMILES string of the molecule is CCc1ccc(NC(=O)C2CC(=O)Nc3nc(N4CCOCC4)nc(N)c32)cc1. The largest absolute Gasteiger partial charge is 0.383 e. The quantitative estimate of drug-likeness (QED) is 0.716. The summed E-state index contributed by atoms with van der Waals surface area (Å²) in [5.41, 5.74) is 8.53. The Balaban J connectivity index is 1.60. The molecule has 1 unspecified atom stereocenters. The number of anilines is 4. The number of nitrogens with zero attached hydrogens (tertiary/aromatic N) is 3. The predicted molar refractivity (Wildman–Crippen MR) is 110 cm³/mol. The first-order valence-electron chi connectivity index (χ1n) is 9.75. The second-order valence-electron chi connectivity index (χ2n) is 7.12. The van der Waals surface area contributed by atoms with Crippen LogP contribution in [0.25, 0.3) is 0 Å². The van der Waals surface area contributed by atoms with E-state index in [1.54, 1.807) is 0 Å². The number of aromatic nitrogens is 2. The van der Waals surface area contributed by atoms with E-state index in [0.717, 1.165) is 6.42 Å². The van der Waals surface area contributed by atoms with Gasteiger partial charge in [0, 0.05) is 25.2 Å². The van der Waals surface area contributed by atoms with E-state index in [1.165, 1.54) is 5.56 Å². The van der Waals surface area contributed by atoms with Gasteiger partial charge in [-0.05, 0) is 24.1 Å². The van der Waals surface area contributed by atoms with Crippen LogP contribution in [0.1, 0.15) is 30.4 Å². The number of hydrogen-bond donors (Lipinski definition) is 3. The number of nitrogens with one attached hydrogen (secondary N) is 2. The number of fused-ring (bicyclic) bond motifs is 1. The summed E-state index contributed by atoms with van der Waals surface area (Å²) in [6.07, 6.45) is 0.917. The van der Waals surface area contributed by atoms with Gasteiger partial charge in [0.15, 0.2) is 0 Å². The standard InChI is InChI=1S/C20H24N6O3/c1-2-12-3-5-13(6-4-12)22-19(28)14-11-15(27)23-18-16(14)17(21)24-20(25-18)26-7-9-29-10-8-26/h3-6,14H,2,7-11H2,1H3,(H,22,28)(H3,21,23,24,25,27). The number of carbonyl (C=O) groups is 2. The zero-order chi connectivity index (χ0) is 20.4. The number of benzene rings is 1. The highest BCUT2D eigenvalue weighted by atomic mass is 16.5. The number of nitrogens with two attached hydrogens (primary N) is 1. The summed E-state index contributed by atoms with van der Waals surface area (Å²) in [7, 11) is 0. The van der Waals surface area contributed by atoms with Crippen LogP contribution in [0.15, 0.2) is 24.3 Å². The molecular weight excluding hydrogens is 372 g/mol. The van der Waals surface area contributed by atoms with Gasteiger partial charge in [-0.25, -0.2) is 0 Å². The summed E-state index contributed by atoms with van der Waals surface area (Å²) in [5, 5.41) is 5.61. The Morgan fingerprint density at radius 1 is 1.28 bits per heavy atom. The number of nitrogen functional groups attached to an aromatic ring is 1. The van der Waals surface area contributed by atoms with Crippen molar-refractivity contribution >= 4 is 35.1 Å². The molecule has 0 aliphatic carbocycles. The van der Waals surface area contributed by atoms with Crippen LogP contribution < -0.4 is 21.3 Å². The summed E-state index contributed by atoms with van der Waals surface area (Å²) >= 11 is 0. The Bertz CT molecular complexity index is 925. The van der Waals surface area contributed by atoms with Gasteiger partial charge in [0.2, 0.25) is 17.8 Å². The third kappa shape index (κ3) is 4.00. The van der Waals surface area contributed by atoms with Gasteiger partial charge in [-0.1, -0.05) is 19.1 Å². The van der Waals surface area contributed by atoms with Crippen LogP contribution in [0, 0.1) is 0 Å². The maximum absolute atomic E-state index is 12.9. The molecule has 9 heteroatoms. The molecule has 9 nitrogen and oxygen atoms in total. The number of amides is 2. The number of aryl methyl sites for hydroxylation is 1. The van der Waals surface area contributed by atoms with Crippen LogP contribution in [0.5, 0.6) is 0 Å². The summed E-state index contributed by atoms with van der Waals surface area (Å²) < 4.78 is 5.35. The second kappa shape index (κ2) is 8.04. The van der Waals surface area contributed by atoms with E-state index in [-0.39, 0.29) is 24.1 Å². The molecular formula is C20H24N6O3. The van der Waals surface area contributed by atoms with E-state index < -0.39 is 5.92 Å². The van der Waals surface area contributed by atoms with Crippen molar-refractivity contribution in [2.24, 2.45) is 0 Å². The summed E-state index contributed by atoms with van der Waals surface area (Å²) in [4.78, 5) is 36.0. The molecule has 0 bridgehead atoms. The summed E-state index contributed by atoms with van der Waals surface area (Å²) in [5.74, 6) is -0.385. The fraction of sp³-hybridized carbons (Fsp3) is 0.400. The summed E-state index contributed by atoms with van der Waals surface area (Å²) in [6.45, 7) is 4.51. The van der Waals surface area contributed by atoms with Crippen molar-refractivity contribution in [3.8, 4) is 0 Å². The maximum atomic E-state index is 12.9. The lowest BCUT2D eigenvalue weighted by molar-refractivity contribution is -0.123. The molecule has 1 saturated heterocycles. The van der Waals surface area contributed by atoms with Gasteiger partial charge in [-0.15, -0.1) is 0 Å². The molecule has 2 aromatic rings. The van der Waals surface area contributed by atoms with E-state index in [1.807, 2.05) is 29.2 Å². The van der Waals surface area contributed by atoms with Crippen LogP contribution in [-0.4, -0.2) is 48.1 Å². The van der Waals surface area contributed by atoms with Gasteiger partial charge in [0.05, 0.1) is 24.7 Å². The van der Waals surface area contributed by atoms with Crippen molar-refractivity contribution in [2.45, 2.75) is 25.7 Å². The van der Waals surface area contributed by atoms with Crippen molar-refractivity contribution in [3.63, 3.8) is 0 Å². The molecule has 3 heterocycles. The zero-order valence-corrected chi connectivity index (χ0v) is 16.3. The Labute approximate surface area is 168 Å². The van der Waals surface area contributed by atoms with Gasteiger partial charge >= 0.3 is 0 Å². The minimum absolute atomic E-state index is 0.00363. The number of hydrogen-bond acceptors (Lipinski definition) is 7. The van der Waals surface area contributed by atoms with Gasteiger partial charge in [0.1, 0.15) is 11.6 Å². The average Bonchev–Trinajstić information content (AvgIpc) is 2.74. The van der Waals surface area contributed by atoms with Gasteiger partial charge < -0.3 is 26.0 Å². The molecule has 29 heavy (non-hydrogen) atoms. The van der Waals surface area contributed by atoms with Crippen LogP contribution in [0.2, 0.25) is 0 Å². The molecule has 1 aromatic carbocycles. The van der Waals surface area contributed by atoms with E-state index in [0.29, 0.717) is 49.3 Å². The highest BCUT2D eigenvalue weighted by Gasteiger charge is 2.35. The third-order valence-electron chi connectivity index (χ3n) is 5.20. The summed E-state index contributed by atoms with van der Waals surface area (Å²) in [6, 6.07) is 7.62. The average molecular weight is 396 g/mol. The molecule has 1 atom stereocenters. The molecule has 0 saturated carbocycles. The molecule has 2 aliphatic heterocycles. The predicted octanol–water partition coefficient (Wildman–Crippen LogP) is 1.52. The van der Waals surface area contributed by atoms with E-state index in [9.17, 15) is 9.59 Å². The molecule has 1 fully saturated rings. The molecule has 0 spiro atoms. The monoisotopic (exact) mass is 396 g/mol. The van der Waals surface area contributed by atoms with E-state index in [2.05, 4.69) is 27.5 Å². The molecule has 4 rings (SSSR count). The minimum Gasteiger partial charge on any atom is -0.383 e. The van der Waals surface area contributed by atoms with E-state index >= 15 is 0 Å². The molecule has 1 aromatic heterocycles. The molecule has 0 radical (unpaired) electrons. The van der Waals surface area contributed by atoms with Crippen LogP contribution >= 0.6 is 0 Å². The molecule has 2 aliphatic rings. The van der Waals surface area contributed by atoms with Gasteiger partial charge in [-0.3, -0.25) is 9.59 Å². The lowest BCUT2D eigenvalue weighted by atomic mass is 9.92. The first-order valence-corrected chi connectivity index (χ1v) is 9.75. The van der Waals surface area contributed by atoms with Crippen molar-refractivity contribution < 1.29 is 14.3 Å². The minimum atomic E-state index is -0.747. The maximum Gasteiger partial charge on any atom is 0.232 e. The van der Waals surface area contributed by atoms with Crippen molar-refractivity contribution in [3.05, 3.63) is 35.4 Å².